The van der Waals surface area contributed by atoms with E-state index in [-0.39, 0.29) is 19.2 Å². The van der Waals surface area contributed by atoms with Gasteiger partial charge in [0.05, 0.1) is 13.2 Å². The molecule has 0 heterocycles. The summed E-state index contributed by atoms with van der Waals surface area (Å²) in [5.74, 6) is 0. The molecule has 0 radical (unpaired) electrons. The van der Waals surface area contributed by atoms with E-state index < -0.39 is 7.60 Å². The lowest BCUT2D eigenvalue weighted by Crippen LogP contribution is -1.96. The van der Waals surface area contributed by atoms with Gasteiger partial charge in [0.2, 0.25) is 6.03 Å². The Kier molecular flexibility index (Phi) is 5.54. The van der Waals surface area contributed by atoms with Gasteiger partial charge in [0.15, 0.2) is 0 Å². The summed E-state index contributed by atoms with van der Waals surface area (Å²) in [4.78, 5) is 10.3. The quantitative estimate of drug-likeness (QED) is 0.349. The summed E-state index contributed by atoms with van der Waals surface area (Å²) < 4.78 is 20.5. The van der Waals surface area contributed by atoms with Crippen molar-refractivity contribution in [1.82, 2.24) is 0 Å². The van der Waals surface area contributed by atoms with Gasteiger partial charge < -0.3 is 0 Å². The van der Waals surface area contributed by atoms with E-state index in [1.165, 1.54) is 12.2 Å². The molecule has 0 bridgehead atoms. The molecular weight excluding hydrogens is 179 g/mol. The van der Waals surface area contributed by atoms with Crippen LogP contribution in [-0.2, 0) is 18.4 Å². The molecule has 0 aromatic rings. The van der Waals surface area contributed by atoms with Gasteiger partial charge in [0.25, 0.3) is 0 Å². The van der Waals surface area contributed by atoms with Gasteiger partial charge in [-0.15, -0.1) is 13.2 Å². The predicted molar refractivity (Wildman–Crippen MR) is 46.7 cm³/mol. The molecule has 0 atom stereocenters. The molecule has 68 valence electrons. The van der Waals surface area contributed by atoms with E-state index in [1.54, 1.807) is 0 Å². The molecule has 0 unspecified atom stereocenters. The van der Waals surface area contributed by atoms with Crippen molar-refractivity contribution in [1.29, 1.82) is 0 Å². The molecular formula is C7H11O4P. The molecule has 0 aliphatic rings. The average Bonchev–Trinajstić information content (AvgIpc) is 2.11. The molecule has 0 rings (SSSR count). The van der Waals surface area contributed by atoms with E-state index in [1.807, 2.05) is 0 Å². The normalized spacial score (nSPS) is 10.7. The first kappa shape index (κ1) is 11.3. The first-order valence-corrected chi connectivity index (χ1v) is 4.86. The number of hydrogen-bond donors (Lipinski definition) is 0. The highest BCUT2D eigenvalue weighted by Gasteiger charge is 2.21. The van der Waals surface area contributed by atoms with Crippen molar-refractivity contribution in [3.63, 3.8) is 0 Å². The van der Waals surface area contributed by atoms with E-state index >= 15 is 0 Å². The molecule has 0 saturated carbocycles. The maximum atomic E-state index is 11.2. The first-order chi connectivity index (χ1) is 5.68. The highest BCUT2D eigenvalue weighted by atomic mass is 31.2. The minimum Gasteiger partial charge on any atom is -0.299 e. The van der Waals surface area contributed by atoms with E-state index in [0.29, 0.717) is 0 Å². The Morgan fingerprint density at radius 1 is 1.17 bits per heavy atom. The summed E-state index contributed by atoms with van der Waals surface area (Å²) in [6.45, 7) is 6.72. The van der Waals surface area contributed by atoms with E-state index in [0.717, 1.165) is 0 Å². The van der Waals surface area contributed by atoms with Crippen LogP contribution in [0.2, 0.25) is 0 Å². The molecule has 0 fully saturated rings. The van der Waals surface area contributed by atoms with Gasteiger partial charge in [-0.3, -0.25) is 18.4 Å². The Bertz CT molecular complexity index is 195. The number of carbonyl (C=O) groups is 1. The van der Waals surface area contributed by atoms with Gasteiger partial charge in [-0.2, -0.15) is 0 Å². The van der Waals surface area contributed by atoms with Crippen LogP contribution in [0.25, 0.3) is 0 Å². The van der Waals surface area contributed by atoms with Crippen molar-refractivity contribution in [2.45, 2.75) is 0 Å². The van der Waals surface area contributed by atoms with Gasteiger partial charge in [-0.05, 0) is 0 Å². The van der Waals surface area contributed by atoms with Gasteiger partial charge in [-0.1, -0.05) is 12.2 Å². The van der Waals surface area contributed by atoms with Crippen LogP contribution in [0.5, 0.6) is 0 Å². The summed E-state index contributed by atoms with van der Waals surface area (Å²) in [7, 11) is -3.56. The van der Waals surface area contributed by atoms with Crippen LogP contribution in [0.3, 0.4) is 0 Å². The molecule has 5 heteroatoms. The fourth-order valence-corrected chi connectivity index (χ4v) is 1.23. The number of carbonyl (C=O) groups excluding carboxylic acids is 1. The Hall–Kier alpha value is -0.700. The lowest BCUT2D eigenvalue weighted by Gasteiger charge is -2.09. The highest BCUT2D eigenvalue weighted by molar-refractivity contribution is 7.69. The lowest BCUT2D eigenvalue weighted by atomic mass is 10.7. The van der Waals surface area contributed by atoms with Crippen molar-refractivity contribution in [2.75, 3.05) is 13.2 Å². The van der Waals surface area contributed by atoms with Crippen LogP contribution < -0.4 is 0 Å². The zero-order chi connectivity index (χ0) is 9.45. The van der Waals surface area contributed by atoms with Crippen molar-refractivity contribution in [3.8, 4) is 0 Å². The minimum absolute atomic E-state index is 0.0210. The van der Waals surface area contributed by atoms with Crippen LogP contribution in [0.1, 0.15) is 0 Å². The van der Waals surface area contributed by atoms with Gasteiger partial charge >= 0.3 is 7.60 Å². The summed E-state index contributed by atoms with van der Waals surface area (Å²) in [6, 6.07) is 0.167. The van der Waals surface area contributed by atoms with Crippen LogP contribution in [0.15, 0.2) is 25.3 Å². The zero-order valence-corrected chi connectivity index (χ0v) is 7.54. The largest absolute Gasteiger partial charge is 0.394 e. The average molecular weight is 190 g/mol. The smallest absolute Gasteiger partial charge is 0.299 e. The van der Waals surface area contributed by atoms with Crippen molar-refractivity contribution in [3.05, 3.63) is 25.3 Å². The fourth-order valence-electron chi connectivity index (χ4n) is 0.411. The maximum absolute atomic E-state index is 11.2. The Morgan fingerprint density at radius 3 is 1.83 bits per heavy atom. The third-order valence-electron chi connectivity index (χ3n) is 0.874. The summed E-state index contributed by atoms with van der Waals surface area (Å²) in [5, 5.41) is 0. The second-order valence-electron chi connectivity index (χ2n) is 1.81. The van der Waals surface area contributed by atoms with Gasteiger partial charge in [-0.25, -0.2) is 0 Å². The minimum atomic E-state index is -3.56. The summed E-state index contributed by atoms with van der Waals surface area (Å²) in [5.41, 5.74) is 0. The highest BCUT2D eigenvalue weighted by Crippen LogP contribution is 2.44. The van der Waals surface area contributed by atoms with Crippen molar-refractivity contribution < 1.29 is 18.4 Å². The second-order valence-corrected chi connectivity index (χ2v) is 3.62. The monoisotopic (exact) mass is 190 g/mol. The predicted octanol–water partition coefficient (Wildman–Crippen LogP) is 1.77. The maximum Gasteiger partial charge on any atom is 0.394 e. The van der Waals surface area contributed by atoms with E-state index in [9.17, 15) is 9.36 Å². The lowest BCUT2D eigenvalue weighted by molar-refractivity contribution is 0.248. The summed E-state index contributed by atoms with van der Waals surface area (Å²) >= 11 is 0. The third-order valence-corrected chi connectivity index (χ3v) is 2.15. The van der Waals surface area contributed by atoms with Gasteiger partial charge in [0, 0.05) is 0 Å². The van der Waals surface area contributed by atoms with Crippen molar-refractivity contribution in [2.24, 2.45) is 0 Å². The number of hydrogen-bond acceptors (Lipinski definition) is 4. The molecule has 0 aliphatic carbocycles. The third kappa shape index (κ3) is 4.23. The molecule has 4 nitrogen and oxygen atoms in total. The Labute approximate surface area is 71.4 Å². The molecule has 0 N–H and O–H groups in total. The van der Waals surface area contributed by atoms with Crippen LogP contribution in [-0.4, -0.2) is 19.2 Å². The second kappa shape index (κ2) is 5.89. The number of rotatable bonds is 7. The van der Waals surface area contributed by atoms with E-state index in [4.69, 9.17) is 0 Å². The first-order valence-electron chi connectivity index (χ1n) is 3.25. The molecule has 0 saturated heterocycles. The van der Waals surface area contributed by atoms with Crippen LogP contribution in [0.4, 0.5) is 0 Å². The Balaban J connectivity index is 4.04. The van der Waals surface area contributed by atoms with Gasteiger partial charge in [0.1, 0.15) is 0 Å². The molecule has 0 aromatic carbocycles. The van der Waals surface area contributed by atoms with Crippen LogP contribution in [0, 0.1) is 0 Å². The molecule has 0 aromatic heterocycles. The zero-order valence-electron chi connectivity index (χ0n) is 6.64. The SMILES string of the molecule is C=CCOP(=O)(C=O)OCC=C. The standard InChI is InChI=1S/C7H11O4P/c1-3-5-10-12(9,7-8)11-6-4-2/h3-4,7H,1-2,5-6H2. The van der Waals surface area contributed by atoms with Crippen molar-refractivity contribution >= 4 is 13.6 Å². The topological polar surface area (TPSA) is 52.6 Å². The fraction of sp³-hybridized carbons (Fsp3) is 0.286. The van der Waals surface area contributed by atoms with Crippen LogP contribution >= 0.6 is 7.60 Å². The molecule has 0 spiro atoms. The molecule has 12 heavy (non-hydrogen) atoms. The summed E-state index contributed by atoms with van der Waals surface area (Å²) in [6.07, 6.45) is 2.76. The van der Waals surface area contributed by atoms with E-state index in [2.05, 4.69) is 22.2 Å². The molecule has 0 aliphatic heterocycles. The molecule has 0 amide bonds. The Morgan fingerprint density at radius 2 is 1.58 bits per heavy atom.